The summed E-state index contributed by atoms with van der Waals surface area (Å²) in [5.41, 5.74) is 0.921. The monoisotopic (exact) mass is 238 g/mol. The van der Waals surface area contributed by atoms with Crippen molar-refractivity contribution in [3.63, 3.8) is 0 Å². The van der Waals surface area contributed by atoms with Gasteiger partial charge in [-0.1, -0.05) is 19.1 Å². The van der Waals surface area contributed by atoms with Gasteiger partial charge in [0.25, 0.3) is 0 Å². The van der Waals surface area contributed by atoms with E-state index in [4.69, 9.17) is 0 Å². The molecule has 1 aromatic carbocycles. The molecule has 0 aliphatic heterocycles. The minimum Gasteiger partial charge on any atom is -0.359 e. The predicted octanol–water partition coefficient (Wildman–Crippen LogP) is 2.00. The minimum atomic E-state index is -0.228. The molecule has 94 valence electrons. The van der Waals surface area contributed by atoms with E-state index in [2.05, 4.69) is 10.6 Å². The highest BCUT2D eigenvalue weighted by Crippen LogP contribution is 2.17. The molecule has 0 aromatic heterocycles. The second-order valence-corrected chi connectivity index (χ2v) is 3.89. The van der Waals surface area contributed by atoms with Crippen LogP contribution in [0.5, 0.6) is 0 Å². The molecule has 1 amide bonds. The Morgan fingerprint density at radius 2 is 2.24 bits per heavy atom. The van der Waals surface area contributed by atoms with Gasteiger partial charge in [-0.2, -0.15) is 0 Å². The van der Waals surface area contributed by atoms with Gasteiger partial charge in [-0.05, 0) is 24.1 Å². The quantitative estimate of drug-likeness (QED) is 0.796. The zero-order valence-corrected chi connectivity index (χ0v) is 10.3. The van der Waals surface area contributed by atoms with Crippen LogP contribution in [-0.2, 0) is 4.79 Å². The summed E-state index contributed by atoms with van der Waals surface area (Å²) < 4.78 is 13.1. The van der Waals surface area contributed by atoms with Crippen LogP contribution in [0.3, 0.4) is 0 Å². The highest BCUT2D eigenvalue weighted by molar-refractivity contribution is 5.75. The van der Waals surface area contributed by atoms with Crippen molar-refractivity contribution in [1.82, 2.24) is 10.6 Å². The topological polar surface area (TPSA) is 41.1 Å². The van der Waals surface area contributed by atoms with Crippen molar-refractivity contribution in [2.75, 3.05) is 13.6 Å². The zero-order chi connectivity index (χ0) is 12.7. The van der Waals surface area contributed by atoms with E-state index in [1.807, 2.05) is 13.0 Å². The summed E-state index contributed by atoms with van der Waals surface area (Å²) >= 11 is 0. The Hall–Kier alpha value is -1.42. The first-order chi connectivity index (χ1) is 8.17. The van der Waals surface area contributed by atoms with Crippen molar-refractivity contribution >= 4 is 5.91 Å². The number of carbonyl (C=O) groups is 1. The van der Waals surface area contributed by atoms with E-state index >= 15 is 0 Å². The fourth-order valence-corrected chi connectivity index (χ4v) is 1.71. The average Bonchev–Trinajstić information content (AvgIpc) is 2.34. The van der Waals surface area contributed by atoms with E-state index in [-0.39, 0.29) is 17.8 Å². The van der Waals surface area contributed by atoms with Crippen LogP contribution >= 0.6 is 0 Å². The number of carbonyl (C=O) groups excluding carboxylic acids is 1. The number of halogens is 1. The van der Waals surface area contributed by atoms with E-state index in [1.165, 1.54) is 12.1 Å². The van der Waals surface area contributed by atoms with Crippen LogP contribution in [0.15, 0.2) is 24.3 Å². The van der Waals surface area contributed by atoms with Crippen molar-refractivity contribution in [3.8, 4) is 0 Å². The molecule has 1 atom stereocenters. The first kappa shape index (κ1) is 13.6. The molecule has 1 rings (SSSR count). The van der Waals surface area contributed by atoms with E-state index < -0.39 is 0 Å². The second kappa shape index (κ2) is 7.01. The van der Waals surface area contributed by atoms with Gasteiger partial charge in [0.15, 0.2) is 0 Å². The molecular formula is C13H19FN2O. The number of benzene rings is 1. The summed E-state index contributed by atoms with van der Waals surface area (Å²) in [6, 6.07) is 6.65. The van der Waals surface area contributed by atoms with Crippen LogP contribution in [0.1, 0.15) is 31.4 Å². The third-order valence-electron chi connectivity index (χ3n) is 2.68. The Kier molecular flexibility index (Phi) is 5.63. The molecule has 2 N–H and O–H groups in total. The summed E-state index contributed by atoms with van der Waals surface area (Å²) in [7, 11) is 1.62. The highest BCUT2D eigenvalue weighted by Gasteiger charge is 2.09. The van der Waals surface area contributed by atoms with Gasteiger partial charge in [-0.25, -0.2) is 4.39 Å². The summed E-state index contributed by atoms with van der Waals surface area (Å²) in [6.45, 7) is 2.62. The maximum absolute atomic E-state index is 13.1. The van der Waals surface area contributed by atoms with E-state index in [1.54, 1.807) is 13.1 Å². The molecule has 1 unspecified atom stereocenters. The SMILES string of the molecule is CCC(NCCC(=O)NC)c1cccc(F)c1. The number of amides is 1. The van der Waals surface area contributed by atoms with Gasteiger partial charge in [0.1, 0.15) is 5.82 Å². The maximum Gasteiger partial charge on any atom is 0.221 e. The third-order valence-corrected chi connectivity index (χ3v) is 2.68. The largest absolute Gasteiger partial charge is 0.359 e. The van der Waals surface area contributed by atoms with Crippen LogP contribution < -0.4 is 10.6 Å². The Morgan fingerprint density at radius 3 is 2.82 bits per heavy atom. The van der Waals surface area contributed by atoms with Crippen LogP contribution in [0.25, 0.3) is 0 Å². The summed E-state index contributed by atoms with van der Waals surface area (Å²) in [4.78, 5) is 11.1. The lowest BCUT2D eigenvalue weighted by Gasteiger charge is -2.17. The normalized spacial score (nSPS) is 12.2. The van der Waals surface area contributed by atoms with Gasteiger partial charge in [-0.3, -0.25) is 4.79 Å². The first-order valence-corrected chi connectivity index (χ1v) is 5.86. The van der Waals surface area contributed by atoms with E-state index in [0.717, 1.165) is 12.0 Å². The van der Waals surface area contributed by atoms with Crippen molar-refractivity contribution in [1.29, 1.82) is 0 Å². The number of rotatable bonds is 6. The molecule has 0 bridgehead atoms. The van der Waals surface area contributed by atoms with Gasteiger partial charge >= 0.3 is 0 Å². The molecule has 17 heavy (non-hydrogen) atoms. The van der Waals surface area contributed by atoms with Crippen molar-refractivity contribution in [3.05, 3.63) is 35.6 Å². The Balaban J connectivity index is 2.51. The Morgan fingerprint density at radius 1 is 1.47 bits per heavy atom. The molecule has 0 aliphatic carbocycles. The van der Waals surface area contributed by atoms with E-state index in [0.29, 0.717) is 13.0 Å². The standard InChI is InChI=1S/C13H19FN2O/c1-3-12(16-8-7-13(17)15-2)10-5-4-6-11(14)9-10/h4-6,9,12,16H,3,7-8H2,1-2H3,(H,15,17). The van der Waals surface area contributed by atoms with Crippen LogP contribution in [0, 0.1) is 5.82 Å². The fraction of sp³-hybridized carbons (Fsp3) is 0.462. The predicted molar refractivity (Wildman–Crippen MR) is 66.1 cm³/mol. The summed E-state index contributed by atoms with van der Waals surface area (Å²) in [5.74, 6) is -0.222. The van der Waals surface area contributed by atoms with Crippen molar-refractivity contribution < 1.29 is 9.18 Å². The van der Waals surface area contributed by atoms with Gasteiger partial charge in [-0.15, -0.1) is 0 Å². The molecular weight excluding hydrogens is 219 g/mol. The first-order valence-electron chi connectivity index (χ1n) is 5.86. The molecule has 1 aromatic rings. The molecule has 0 saturated carbocycles. The minimum absolute atomic E-state index is 0.00611. The van der Waals surface area contributed by atoms with Gasteiger partial charge in [0.2, 0.25) is 5.91 Å². The van der Waals surface area contributed by atoms with Crippen molar-refractivity contribution in [2.45, 2.75) is 25.8 Å². The van der Waals surface area contributed by atoms with Gasteiger partial charge in [0, 0.05) is 26.1 Å². The molecule has 0 heterocycles. The third kappa shape index (κ3) is 4.53. The maximum atomic E-state index is 13.1. The second-order valence-electron chi connectivity index (χ2n) is 3.89. The Bertz CT molecular complexity index is 368. The molecule has 4 heteroatoms. The number of nitrogens with one attached hydrogen (secondary N) is 2. The smallest absolute Gasteiger partial charge is 0.221 e. The molecule has 3 nitrogen and oxygen atoms in total. The number of hydrogen-bond donors (Lipinski definition) is 2. The van der Waals surface area contributed by atoms with Gasteiger partial charge < -0.3 is 10.6 Å². The summed E-state index contributed by atoms with van der Waals surface area (Å²) in [5, 5.41) is 5.82. The number of hydrogen-bond acceptors (Lipinski definition) is 2. The fourth-order valence-electron chi connectivity index (χ4n) is 1.71. The molecule has 0 radical (unpaired) electrons. The van der Waals surface area contributed by atoms with E-state index in [9.17, 15) is 9.18 Å². The van der Waals surface area contributed by atoms with Crippen LogP contribution in [0.2, 0.25) is 0 Å². The molecule has 0 saturated heterocycles. The lowest BCUT2D eigenvalue weighted by Crippen LogP contribution is -2.27. The Labute approximate surface area is 101 Å². The van der Waals surface area contributed by atoms with Crippen LogP contribution in [-0.4, -0.2) is 19.5 Å². The highest BCUT2D eigenvalue weighted by atomic mass is 19.1. The average molecular weight is 238 g/mol. The molecule has 0 aliphatic rings. The lowest BCUT2D eigenvalue weighted by molar-refractivity contribution is -0.120. The molecule has 0 fully saturated rings. The molecule has 0 spiro atoms. The lowest BCUT2D eigenvalue weighted by atomic mass is 10.0. The van der Waals surface area contributed by atoms with Crippen molar-refractivity contribution in [2.24, 2.45) is 0 Å². The zero-order valence-electron chi connectivity index (χ0n) is 10.3. The van der Waals surface area contributed by atoms with Crippen LogP contribution in [0.4, 0.5) is 4.39 Å². The van der Waals surface area contributed by atoms with Gasteiger partial charge in [0.05, 0.1) is 0 Å². The summed E-state index contributed by atoms with van der Waals surface area (Å²) in [6.07, 6.45) is 1.29.